The minimum absolute atomic E-state index is 0.179. The Balaban J connectivity index is 1.86. The van der Waals surface area contributed by atoms with Crippen molar-refractivity contribution in [2.24, 2.45) is 5.92 Å². The molecule has 0 radical (unpaired) electrons. The van der Waals surface area contributed by atoms with Gasteiger partial charge in [0.05, 0.1) is 31.7 Å². The van der Waals surface area contributed by atoms with Crippen molar-refractivity contribution in [3.8, 4) is 11.5 Å². The van der Waals surface area contributed by atoms with Gasteiger partial charge in [0.15, 0.2) is 11.5 Å². The van der Waals surface area contributed by atoms with Crippen LogP contribution in [0, 0.1) is 5.92 Å². The van der Waals surface area contributed by atoms with E-state index < -0.39 is 0 Å². The number of hydrogen-bond donors (Lipinski definition) is 2. The molecule has 0 spiro atoms. The van der Waals surface area contributed by atoms with Crippen LogP contribution in [0.15, 0.2) is 16.9 Å². The number of nitrogens with one attached hydrogen (secondary N) is 1. The average Bonchev–Trinajstić information content (AvgIpc) is 2.61. The van der Waals surface area contributed by atoms with E-state index in [1.165, 1.54) is 7.11 Å². The summed E-state index contributed by atoms with van der Waals surface area (Å²) in [4.78, 5) is 22.0. The van der Waals surface area contributed by atoms with Crippen molar-refractivity contribution in [3.63, 3.8) is 0 Å². The summed E-state index contributed by atoms with van der Waals surface area (Å²) in [6.07, 6.45) is 1.94. The fraction of sp³-hybridized carbons (Fsp3) is 0.529. The van der Waals surface area contributed by atoms with E-state index in [-0.39, 0.29) is 12.2 Å². The van der Waals surface area contributed by atoms with Crippen molar-refractivity contribution in [2.45, 2.75) is 19.4 Å². The monoisotopic (exact) mass is 333 g/mol. The van der Waals surface area contributed by atoms with E-state index in [4.69, 9.17) is 9.47 Å². The minimum atomic E-state index is -0.179. The number of methoxy groups -OCH3 is 2. The molecule has 0 amide bonds. The molecule has 1 aliphatic rings. The number of hydrogen-bond acceptors (Lipinski definition) is 6. The van der Waals surface area contributed by atoms with Crippen molar-refractivity contribution in [3.05, 3.63) is 28.3 Å². The molecule has 0 saturated carbocycles. The molecule has 0 bridgehead atoms. The maximum atomic E-state index is 12.4. The molecule has 3 rings (SSSR count). The topological polar surface area (TPSA) is 87.7 Å². The molecule has 7 heteroatoms. The van der Waals surface area contributed by atoms with Gasteiger partial charge in [-0.3, -0.25) is 9.69 Å². The molecule has 24 heavy (non-hydrogen) atoms. The fourth-order valence-electron chi connectivity index (χ4n) is 3.13. The van der Waals surface area contributed by atoms with Gasteiger partial charge in [-0.05, 0) is 37.9 Å². The molecule has 2 N–H and O–H groups in total. The molecule has 1 aliphatic heterocycles. The van der Waals surface area contributed by atoms with Crippen LogP contribution in [0.5, 0.6) is 11.5 Å². The molecule has 130 valence electrons. The number of nitrogens with zero attached hydrogens (tertiary/aromatic N) is 2. The van der Waals surface area contributed by atoms with Crippen LogP contribution in [0.1, 0.15) is 18.7 Å². The van der Waals surface area contributed by atoms with E-state index in [1.807, 2.05) is 0 Å². The number of rotatable bonds is 5. The first-order valence-electron chi connectivity index (χ1n) is 8.12. The summed E-state index contributed by atoms with van der Waals surface area (Å²) < 4.78 is 10.5. The second kappa shape index (κ2) is 7.19. The summed E-state index contributed by atoms with van der Waals surface area (Å²) in [5.41, 5.74) is 0.415. The van der Waals surface area contributed by atoms with Crippen LogP contribution >= 0.6 is 0 Å². The molecule has 2 aromatic rings. The molecule has 1 fully saturated rings. The molecule has 1 aromatic heterocycles. The number of H-pyrrole nitrogens is 1. The van der Waals surface area contributed by atoms with Gasteiger partial charge in [0.1, 0.15) is 5.82 Å². The quantitative estimate of drug-likeness (QED) is 0.853. The number of aromatic nitrogens is 2. The van der Waals surface area contributed by atoms with Crippen molar-refractivity contribution >= 4 is 10.9 Å². The Morgan fingerprint density at radius 1 is 1.25 bits per heavy atom. The summed E-state index contributed by atoms with van der Waals surface area (Å²) in [5.74, 6) is 2.10. The predicted octanol–water partition coefficient (Wildman–Crippen LogP) is 1.14. The highest BCUT2D eigenvalue weighted by Crippen LogP contribution is 2.30. The van der Waals surface area contributed by atoms with Crippen LogP contribution in [0.2, 0.25) is 0 Å². The maximum Gasteiger partial charge on any atom is 0.258 e. The number of benzene rings is 1. The lowest BCUT2D eigenvalue weighted by Crippen LogP contribution is -2.35. The van der Waals surface area contributed by atoms with Crippen LogP contribution in [-0.4, -0.2) is 53.9 Å². The number of ether oxygens (including phenoxy) is 2. The van der Waals surface area contributed by atoms with Crippen LogP contribution in [-0.2, 0) is 6.54 Å². The highest BCUT2D eigenvalue weighted by molar-refractivity contribution is 5.81. The van der Waals surface area contributed by atoms with E-state index in [2.05, 4.69) is 14.9 Å². The number of aliphatic hydroxyl groups is 1. The largest absolute Gasteiger partial charge is 0.493 e. The fourth-order valence-corrected chi connectivity index (χ4v) is 3.13. The maximum absolute atomic E-state index is 12.4. The van der Waals surface area contributed by atoms with Gasteiger partial charge in [0.25, 0.3) is 5.56 Å². The Hall–Kier alpha value is -2.12. The van der Waals surface area contributed by atoms with E-state index in [1.54, 1.807) is 19.2 Å². The van der Waals surface area contributed by atoms with Crippen LogP contribution in [0.25, 0.3) is 10.9 Å². The summed E-state index contributed by atoms with van der Waals surface area (Å²) in [5, 5.41) is 9.70. The average molecular weight is 333 g/mol. The summed E-state index contributed by atoms with van der Waals surface area (Å²) >= 11 is 0. The SMILES string of the molecule is COc1cc2nc(CN3CCC(CO)CC3)[nH]c(=O)c2cc1OC. The smallest absolute Gasteiger partial charge is 0.258 e. The minimum Gasteiger partial charge on any atom is -0.493 e. The van der Waals surface area contributed by atoms with Gasteiger partial charge in [0.2, 0.25) is 0 Å². The molecule has 2 heterocycles. The van der Waals surface area contributed by atoms with Gasteiger partial charge in [0, 0.05) is 12.7 Å². The Labute approximate surface area is 140 Å². The van der Waals surface area contributed by atoms with Crippen molar-refractivity contribution in [1.82, 2.24) is 14.9 Å². The van der Waals surface area contributed by atoms with Crippen molar-refractivity contribution in [2.75, 3.05) is 33.9 Å². The van der Waals surface area contributed by atoms with E-state index >= 15 is 0 Å². The number of likely N-dealkylation sites (tertiary alicyclic amines) is 1. The van der Waals surface area contributed by atoms with E-state index in [9.17, 15) is 9.90 Å². The van der Waals surface area contributed by atoms with Crippen molar-refractivity contribution < 1.29 is 14.6 Å². The van der Waals surface area contributed by atoms with Gasteiger partial charge in [-0.1, -0.05) is 0 Å². The first-order valence-corrected chi connectivity index (χ1v) is 8.12. The Morgan fingerprint density at radius 2 is 1.92 bits per heavy atom. The Kier molecular flexibility index (Phi) is 5.01. The van der Waals surface area contributed by atoms with E-state index in [0.29, 0.717) is 40.7 Å². The van der Waals surface area contributed by atoms with Crippen LogP contribution in [0.4, 0.5) is 0 Å². The van der Waals surface area contributed by atoms with E-state index in [0.717, 1.165) is 25.9 Å². The number of fused-ring (bicyclic) bond motifs is 1. The van der Waals surface area contributed by atoms with Gasteiger partial charge in [-0.15, -0.1) is 0 Å². The second-order valence-corrected chi connectivity index (χ2v) is 6.14. The summed E-state index contributed by atoms with van der Waals surface area (Å²) in [7, 11) is 3.10. The second-order valence-electron chi connectivity index (χ2n) is 6.14. The normalized spacial score (nSPS) is 16.5. The third kappa shape index (κ3) is 3.37. The first kappa shape index (κ1) is 16.7. The third-order valence-corrected chi connectivity index (χ3v) is 4.60. The predicted molar refractivity (Wildman–Crippen MR) is 90.6 cm³/mol. The molecule has 7 nitrogen and oxygen atoms in total. The molecule has 0 aliphatic carbocycles. The molecule has 0 unspecified atom stereocenters. The number of aliphatic hydroxyl groups excluding tert-OH is 1. The summed E-state index contributed by atoms with van der Waals surface area (Å²) in [6, 6.07) is 3.38. The highest BCUT2D eigenvalue weighted by atomic mass is 16.5. The summed E-state index contributed by atoms with van der Waals surface area (Å²) in [6.45, 7) is 2.65. The lowest BCUT2D eigenvalue weighted by molar-refractivity contribution is 0.125. The van der Waals surface area contributed by atoms with Gasteiger partial charge < -0.3 is 19.6 Å². The Morgan fingerprint density at radius 3 is 2.54 bits per heavy atom. The van der Waals surface area contributed by atoms with Gasteiger partial charge >= 0.3 is 0 Å². The number of aromatic amines is 1. The highest BCUT2D eigenvalue weighted by Gasteiger charge is 2.19. The third-order valence-electron chi connectivity index (χ3n) is 4.60. The zero-order valence-electron chi connectivity index (χ0n) is 14.0. The molecule has 1 saturated heterocycles. The van der Waals surface area contributed by atoms with Gasteiger partial charge in [-0.25, -0.2) is 4.98 Å². The van der Waals surface area contributed by atoms with Gasteiger partial charge in [-0.2, -0.15) is 0 Å². The molecule has 1 aromatic carbocycles. The van der Waals surface area contributed by atoms with Crippen LogP contribution in [0.3, 0.4) is 0 Å². The molecule has 0 atom stereocenters. The number of piperidine rings is 1. The molecular formula is C17H23N3O4. The lowest BCUT2D eigenvalue weighted by Gasteiger charge is -2.30. The Bertz CT molecular complexity index is 766. The zero-order chi connectivity index (χ0) is 17.1. The zero-order valence-corrected chi connectivity index (χ0v) is 14.0. The molecular weight excluding hydrogens is 310 g/mol. The van der Waals surface area contributed by atoms with Crippen LogP contribution < -0.4 is 15.0 Å². The lowest BCUT2D eigenvalue weighted by atomic mass is 9.98. The standard InChI is InChI=1S/C17H23N3O4/c1-23-14-7-12-13(8-15(14)24-2)18-16(19-17(12)22)9-20-5-3-11(10-21)4-6-20/h7-8,11,21H,3-6,9-10H2,1-2H3,(H,18,19,22). The first-order chi connectivity index (χ1) is 11.6. The van der Waals surface area contributed by atoms with Crippen molar-refractivity contribution in [1.29, 1.82) is 0 Å².